The van der Waals surface area contributed by atoms with Gasteiger partial charge in [0.1, 0.15) is 12.4 Å². The Labute approximate surface area is 141 Å². The Kier molecular flexibility index (Phi) is 5.25. The minimum absolute atomic E-state index is 0.0404. The number of benzene rings is 3. The Bertz CT molecular complexity index is 785. The van der Waals surface area contributed by atoms with Crippen LogP contribution >= 0.6 is 0 Å². The number of rotatable bonds is 6. The molecule has 3 rings (SSSR count). The third kappa shape index (κ3) is 4.71. The molecule has 120 valence electrons. The van der Waals surface area contributed by atoms with E-state index < -0.39 is 0 Å². The van der Waals surface area contributed by atoms with Gasteiger partial charge in [-0.05, 0) is 23.3 Å². The van der Waals surface area contributed by atoms with E-state index in [0.717, 1.165) is 22.6 Å². The molecule has 0 spiro atoms. The van der Waals surface area contributed by atoms with Gasteiger partial charge in [0.15, 0.2) is 0 Å². The van der Waals surface area contributed by atoms with Crippen molar-refractivity contribution in [3.8, 4) is 5.75 Å². The standard InChI is InChI=1S/C21H19NO2/c23-21(14-17-8-3-1-4-9-17)22-19-12-7-13-20(15-19)24-16-18-10-5-2-6-11-18/h1-13,15H,14,16H2,(H,22,23). The highest BCUT2D eigenvalue weighted by Crippen LogP contribution is 2.19. The molecule has 0 aromatic heterocycles. The summed E-state index contributed by atoms with van der Waals surface area (Å²) in [5.41, 5.74) is 2.84. The van der Waals surface area contributed by atoms with Crippen LogP contribution in [-0.4, -0.2) is 5.91 Å². The summed E-state index contributed by atoms with van der Waals surface area (Å²) in [5.74, 6) is 0.692. The summed E-state index contributed by atoms with van der Waals surface area (Å²) >= 11 is 0. The maximum atomic E-state index is 12.1. The molecule has 1 amide bonds. The van der Waals surface area contributed by atoms with Gasteiger partial charge in [-0.2, -0.15) is 0 Å². The van der Waals surface area contributed by atoms with Crippen LogP contribution in [0.3, 0.4) is 0 Å². The van der Waals surface area contributed by atoms with Crippen LogP contribution in [0, 0.1) is 0 Å². The molecule has 0 heterocycles. The first kappa shape index (κ1) is 15.8. The number of carbonyl (C=O) groups excluding carboxylic acids is 1. The van der Waals surface area contributed by atoms with Gasteiger partial charge in [0.05, 0.1) is 6.42 Å². The first-order chi connectivity index (χ1) is 11.8. The van der Waals surface area contributed by atoms with Gasteiger partial charge in [-0.3, -0.25) is 4.79 Å². The number of amides is 1. The van der Waals surface area contributed by atoms with Crippen LogP contribution in [0.4, 0.5) is 5.69 Å². The predicted octanol–water partition coefficient (Wildman–Crippen LogP) is 4.45. The zero-order chi connectivity index (χ0) is 16.6. The third-order valence-electron chi connectivity index (χ3n) is 3.57. The second kappa shape index (κ2) is 7.97. The molecule has 24 heavy (non-hydrogen) atoms. The zero-order valence-electron chi connectivity index (χ0n) is 13.3. The molecule has 0 atom stereocenters. The molecule has 0 saturated heterocycles. The van der Waals surface area contributed by atoms with E-state index in [0.29, 0.717) is 13.0 Å². The fourth-order valence-corrected chi connectivity index (χ4v) is 2.39. The van der Waals surface area contributed by atoms with Gasteiger partial charge >= 0.3 is 0 Å². The number of hydrogen-bond donors (Lipinski definition) is 1. The van der Waals surface area contributed by atoms with Gasteiger partial charge in [-0.25, -0.2) is 0 Å². The molecule has 0 aliphatic carbocycles. The summed E-state index contributed by atoms with van der Waals surface area (Å²) in [7, 11) is 0. The van der Waals surface area contributed by atoms with Crippen molar-refractivity contribution in [2.75, 3.05) is 5.32 Å². The first-order valence-corrected chi connectivity index (χ1v) is 7.90. The maximum Gasteiger partial charge on any atom is 0.228 e. The van der Waals surface area contributed by atoms with E-state index in [1.807, 2.05) is 84.9 Å². The summed E-state index contributed by atoms with van der Waals surface area (Å²) < 4.78 is 5.78. The van der Waals surface area contributed by atoms with Gasteiger partial charge in [-0.15, -0.1) is 0 Å². The average molecular weight is 317 g/mol. The minimum Gasteiger partial charge on any atom is -0.489 e. The molecule has 0 aliphatic rings. The van der Waals surface area contributed by atoms with Crippen molar-refractivity contribution in [1.29, 1.82) is 0 Å². The van der Waals surface area contributed by atoms with Gasteiger partial charge < -0.3 is 10.1 Å². The maximum absolute atomic E-state index is 12.1. The van der Waals surface area contributed by atoms with Crippen LogP contribution in [0.1, 0.15) is 11.1 Å². The number of anilines is 1. The van der Waals surface area contributed by atoms with E-state index >= 15 is 0 Å². The van der Waals surface area contributed by atoms with Gasteiger partial charge in [0, 0.05) is 11.8 Å². The zero-order valence-corrected chi connectivity index (χ0v) is 13.3. The Balaban J connectivity index is 1.57. The lowest BCUT2D eigenvalue weighted by Gasteiger charge is -2.09. The number of carbonyl (C=O) groups is 1. The quantitative estimate of drug-likeness (QED) is 0.729. The van der Waals surface area contributed by atoms with Crippen LogP contribution in [0.5, 0.6) is 5.75 Å². The van der Waals surface area contributed by atoms with Gasteiger partial charge in [-0.1, -0.05) is 66.7 Å². The van der Waals surface area contributed by atoms with Gasteiger partial charge in [0.2, 0.25) is 5.91 Å². The van der Waals surface area contributed by atoms with E-state index in [9.17, 15) is 4.79 Å². The van der Waals surface area contributed by atoms with Crippen molar-refractivity contribution in [3.63, 3.8) is 0 Å². The Morgan fingerprint density at radius 3 is 2.17 bits per heavy atom. The summed E-state index contributed by atoms with van der Waals surface area (Å²) in [6, 6.07) is 27.1. The van der Waals surface area contributed by atoms with Crippen molar-refractivity contribution >= 4 is 11.6 Å². The van der Waals surface area contributed by atoms with Crippen molar-refractivity contribution < 1.29 is 9.53 Å². The summed E-state index contributed by atoms with van der Waals surface area (Å²) in [4.78, 5) is 12.1. The van der Waals surface area contributed by atoms with Crippen LogP contribution in [0.25, 0.3) is 0 Å². The van der Waals surface area contributed by atoms with Crippen LogP contribution in [-0.2, 0) is 17.8 Å². The molecule has 0 fully saturated rings. The predicted molar refractivity (Wildman–Crippen MR) is 96.0 cm³/mol. The molecule has 3 nitrogen and oxygen atoms in total. The summed E-state index contributed by atoms with van der Waals surface area (Å²) in [6.07, 6.45) is 0.357. The fraction of sp³-hybridized carbons (Fsp3) is 0.0952. The molecule has 3 aromatic carbocycles. The number of hydrogen-bond acceptors (Lipinski definition) is 2. The molecule has 0 saturated carbocycles. The van der Waals surface area contributed by atoms with Crippen LogP contribution in [0.2, 0.25) is 0 Å². The second-order valence-corrected chi connectivity index (χ2v) is 5.51. The lowest BCUT2D eigenvalue weighted by molar-refractivity contribution is -0.115. The van der Waals surface area contributed by atoms with E-state index in [1.54, 1.807) is 0 Å². The van der Waals surface area contributed by atoms with Crippen molar-refractivity contribution in [1.82, 2.24) is 0 Å². The molecule has 3 aromatic rings. The lowest BCUT2D eigenvalue weighted by Crippen LogP contribution is -2.14. The highest BCUT2D eigenvalue weighted by molar-refractivity contribution is 5.92. The van der Waals surface area contributed by atoms with E-state index in [1.165, 1.54) is 0 Å². The highest BCUT2D eigenvalue weighted by Gasteiger charge is 2.05. The monoisotopic (exact) mass is 317 g/mol. The third-order valence-corrected chi connectivity index (χ3v) is 3.57. The largest absolute Gasteiger partial charge is 0.489 e. The topological polar surface area (TPSA) is 38.3 Å². The van der Waals surface area contributed by atoms with Crippen molar-refractivity contribution in [2.24, 2.45) is 0 Å². The Morgan fingerprint density at radius 2 is 1.46 bits per heavy atom. The molecule has 0 unspecified atom stereocenters. The fourth-order valence-electron chi connectivity index (χ4n) is 2.39. The SMILES string of the molecule is O=C(Cc1ccccc1)Nc1cccc(OCc2ccccc2)c1. The van der Waals surface area contributed by atoms with E-state index in [4.69, 9.17) is 4.74 Å². The summed E-state index contributed by atoms with van der Waals surface area (Å²) in [6.45, 7) is 0.502. The molecule has 0 bridgehead atoms. The van der Waals surface area contributed by atoms with Crippen LogP contribution in [0.15, 0.2) is 84.9 Å². The second-order valence-electron chi connectivity index (χ2n) is 5.51. The number of nitrogens with one attached hydrogen (secondary N) is 1. The normalized spacial score (nSPS) is 10.2. The molecule has 1 N–H and O–H groups in total. The minimum atomic E-state index is -0.0404. The Morgan fingerprint density at radius 1 is 0.792 bits per heavy atom. The van der Waals surface area contributed by atoms with Crippen LogP contribution < -0.4 is 10.1 Å². The smallest absolute Gasteiger partial charge is 0.228 e. The van der Waals surface area contributed by atoms with E-state index in [-0.39, 0.29) is 5.91 Å². The number of ether oxygens (including phenoxy) is 1. The lowest BCUT2D eigenvalue weighted by atomic mass is 10.1. The molecular formula is C21H19NO2. The average Bonchev–Trinajstić information content (AvgIpc) is 2.62. The Hall–Kier alpha value is -3.07. The van der Waals surface area contributed by atoms with E-state index in [2.05, 4.69) is 5.32 Å². The molecule has 0 radical (unpaired) electrons. The molecular weight excluding hydrogens is 298 g/mol. The van der Waals surface area contributed by atoms with Gasteiger partial charge in [0.25, 0.3) is 0 Å². The first-order valence-electron chi connectivity index (χ1n) is 7.90. The highest BCUT2D eigenvalue weighted by atomic mass is 16.5. The molecule has 0 aliphatic heterocycles. The van der Waals surface area contributed by atoms with Crippen molar-refractivity contribution in [3.05, 3.63) is 96.1 Å². The van der Waals surface area contributed by atoms with Crippen molar-refractivity contribution in [2.45, 2.75) is 13.0 Å². The summed E-state index contributed by atoms with van der Waals surface area (Å²) in [5, 5.41) is 2.91. The molecule has 3 heteroatoms.